The van der Waals surface area contributed by atoms with E-state index in [9.17, 15) is 4.79 Å². The summed E-state index contributed by atoms with van der Waals surface area (Å²) in [6.45, 7) is 7.85. The van der Waals surface area contributed by atoms with Gasteiger partial charge in [0.25, 0.3) is 0 Å². The predicted octanol–water partition coefficient (Wildman–Crippen LogP) is 0.855. The molecule has 3 saturated heterocycles. The highest BCUT2D eigenvalue weighted by molar-refractivity contribution is 5.82. The van der Waals surface area contributed by atoms with Gasteiger partial charge >= 0.3 is 0 Å². The Balaban J connectivity index is 1.39. The van der Waals surface area contributed by atoms with Crippen molar-refractivity contribution in [1.82, 2.24) is 21.3 Å². The Hall–Kier alpha value is -0.650. The van der Waals surface area contributed by atoms with E-state index in [-0.39, 0.29) is 11.9 Å². The fourth-order valence-electron chi connectivity index (χ4n) is 5.31. The Morgan fingerprint density at radius 2 is 1.96 bits per heavy atom. The van der Waals surface area contributed by atoms with Gasteiger partial charge in [0.15, 0.2) is 0 Å². The maximum Gasteiger partial charge on any atom is 0.237 e. The smallest absolute Gasteiger partial charge is 0.237 e. The monoisotopic (exact) mass is 334 g/mol. The molecule has 0 aromatic heterocycles. The maximum absolute atomic E-state index is 13.0. The summed E-state index contributed by atoms with van der Waals surface area (Å²) in [7, 11) is 0. The number of rotatable bonds is 4. The van der Waals surface area contributed by atoms with Gasteiger partial charge in [0.1, 0.15) is 0 Å². The zero-order valence-electron chi connectivity index (χ0n) is 15.2. The Labute approximate surface area is 146 Å². The third-order valence-electron chi connectivity index (χ3n) is 6.90. The van der Waals surface area contributed by atoms with E-state index in [2.05, 4.69) is 35.1 Å². The van der Waals surface area contributed by atoms with Crippen molar-refractivity contribution in [2.45, 2.75) is 70.1 Å². The lowest BCUT2D eigenvalue weighted by atomic mass is 9.85. The van der Waals surface area contributed by atoms with Gasteiger partial charge in [-0.25, -0.2) is 0 Å². The Bertz CT molecular complexity index is 466. The number of carbonyl (C=O) groups excluding carboxylic acids is 1. The summed E-state index contributed by atoms with van der Waals surface area (Å²) in [5.74, 6) is 2.81. The van der Waals surface area contributed by atoms with Gasteiger partial charge in [-0.05, 0) is 75.4 Å². The molecule has 3 aliphatic heterocycles. The topological polar surface area (TPSA) is 65.2 Å². The lowest BCUT2D eigenvalue weighted by Crippen LogP contribution is -2.58. The van der Waals surface area contributed by atoms with Gasteiger partial charge < -0.3 is 21.3 Å². The summed E-state index contributed by atoms with van der Waals surface area (Å²) in [5, 5.41) is 14.3. The second-order valence-corrected chi connectivity index (χ2v) is 8.85. The van der Waals surface area contributed by atoms with Gasteiger partial charge in [-0.2, -0.15) is 0 Å². The van der Waals surface area contributed by atoms with Crippen LogP contribution in [0, 0.1) is 23.7 Å². The minimum Gasteiger partial charge on any atom is -0.350 e. The molecule has 0 bridgehead atoms. The molecule has 4 aliphatic rings. The molecule has 7 atom stereocenters. The number of hydrogen-bond donors (Lipinski definition) is 4. The highest BCUT2D eigenvalue weighted by atomic mass is 16.2. The summed E-state index contributed by atoms with van der Waals surface area (Å²) in [5.41, 5.74) is 0. The van der Waals surface area contributed by atoms with E-state index in [1.807, 2.05) is 0 Å². The molecule has 0 aromatic carbocycles. The highest BCUT2D eigenvalue weighted by Crippen LogP contribution is 2.37. The Kier molecular flexibility index (Phi) is 4.85. The van der Waals surface area contributed by atoms with Crippen LogP contribution in [0.3, 0.4) is 0 Å². The number of piperidine rings is 2. The summed E-state index contributed by atoms with van der Waals surface area (Å²) in [6, 6.07) is 1.29. The fourth-order valence-corrected chi connectivity index (χ4v) is 5.31. The standard InChI is InChI=1S/C19H34N4O/c1-11-4-3-7-21-17(11)18(13-5-6-13)23-19(24)15-8-14-10-20-9-12(2)16(14)22-15/h11-18,20-22H,3-10H2,1-2H3,(H,23,24). The molecule has 1 saturated carbocycles. The minimum absolute atomic E-state index is 0.00231. The summed E-state index contributed by atoms with van der Waals surface area (Å²) in [4.78, 5) is 13.0. The van der Waals surface area contributed by atoms with Crippen molar-refractivity contribution in [3.63, 3.8) is 0 Å². The van der Waals surface area contributed by atoms with Gasteiger partial charge in [0.05, 0.1) is 6.04 Å². The molecule has 136 valence electrons. The minimum atomic E-state index is 0.00231. The molecule has 0 radical (unpaired) electrons. The molecule has 3 heterocycles. The molecule has 1 aliphatic carbocycles. The van der Waals surface area contributed by atoms with Crippen LogP contribution in [0.25, 0.3) is 0 Å². The van der Waals surface area contributed by atoms with Crippen molar-refractivity contribution >= 4 is 5.91 Å². The molecule has 4 N–H and O–H groups in total. The Morgan fingerprint density at radius 1 is 1.12 bits per heavy atom. The maximum atomic E-state index is 13.0. The van der Waals surface area contributed by atoms with Gasteiger partial charge in [-0.1, -0.05) is 13.8 Å². The van der Waals surface area contributed by atoms with Crippen LogP contribution in [0.5, 0.6) is 0 Å². The van der Waals surface area contributed by atoms with E-state index in [0.29, 0.717) is 41.8 Å². The summed E-state index contributed by atoms with van der Waals surface area (Å²) in [6.07, 6.45) is 6.09. The van der Waals surface area contributed by atoms with E-state index >= 15 is 0 Å². The first-order valence-corrected chi connectivity index (χ1v) is 10.1. The largest absolute Gasteiger partial charge is 0.350 e. The molecule has 0 spiro atoms. The van der Waals surface area contributed by atoms with E-state index in [1.165, 1.54) is 25.7 Å². The predicted molar refractivity (Wildman–Crippen MR) is 95.7 cm³/mol. The van der Waals surface area contributed by atoms with Crippen molar-refractivity contribution in [2.75, 3.05) is 19.6 Å². The van der Waals surface area contributed by atoms with Crippen molar-refractivity contribution in [3.8, 4) is 0 Å². The molecule has 0 aromatic rings. The van der Waals surface area contributed by atoms with Crippen molar-refractivity contribution in [1.29, 1.82) is 0 Å². The Morgan fingerprint density at radius 3 is 2.67 bits per heavy atom. The van der Waals surface area contributed by atoms with E-state index in [4.69, 9.17) is 0 Å². The lowest BCUT2D eigenvalue weighted by molar-refractivity contribution is -0.124. The second-order valence-electron chi connectivity index (χ2n) is 8.85. The van der Waals surface area contributed by atoms with Crippen molar-refractivity contribution < 1.29 is 4.79 Å². The lowest BCUT2D eigenvalue weighted by Gasteiger charge is -2.37. The number of hydrogen-bond acceptors (Lipinski definition) is 4. The van der Waals surface area contributed by atoms with Crippen LogP contribution in [-0.4, -0.2) is 49.7 Å². The van der Waals surface area contributed by atoms with Crippen LogP contribution in [0.15, 0.2) is 0 Å². The first-order chi connectivity index (χ1) is 11.6. The molecule has 5 nitrogen and oxygen atoms in total. The fraction of sp³-hybridized carbons (Fsp3) is 0.947. The van der Waals surface area contributed by atoms with E-state index < -0.39 is 0 Å². The van der Waals surface area contributed by atoms with Crippen LogP contribution < -0.4 is 21.3 Å². The van der Waals surface area contributed by atoms with E-state index in [0.717, 1.165) is 26.1 Å². The van der Waals surface area contributed by atoms with Crippen molar-refractivity contribution in [3.05, 3.63) is 0 Å². The molecule has 5 heteroatoms. The van der Waals surface area contributed by atoms with Crippen molar-refractivity contribution in [2.24, 2.45) is 23.7 Å². The SMILES string of the molecule is CC1CNCC2CC(C(=O)NC(C3CC3)C3NCCCC3C)NC12. The summed E-state index contributed by atoms with van der Waals surface area (Å²) >= 11 is 0. The number of carbonyl (C=O) groups is 1. The molecular weight excluding hydrogens is 300 g/mol. The van der Waals surface area contributed by atoms with Gasteiger partial charge in [0, 0.05) is 18.1 Å². The number of nitrogens with one attached hydrogen (secondary N) is 4. The molecule has 1 amide bonds. The highest BCUT2D eigenvalue weighted by Gasteiger charge is 2.44. The molecule has 7 unspecified atom stereocenters. The quantitative estimate of drug-likeness (QED) is 0.616. The number of amides is 1. The zero-order chi connectivity index (χ0) is 16.7. The molecule has 24 heavy (non-hydrogen) atoms. The van der Waals surface area contributed by atoms with Crippen LogP contribution >= 0.6 is 0 Å². The first kappa shape index (κ1) is 16.8. The second kappa shape index (κ2) is 6.93. The average molecular weight is 335 g/mol. The third kappa shape index (κ3) is 3.35. The van der Waals surface area contributed by atoms with Crippen LogP contribution in [0.4, 0.5) is 0 Å². The summed E-state index contributed by atoms with van der Waals surface area (Å²) < 4.78 is 0. The van der Waals surface area contributed by atoms with Crippen LogP contribution in [0.1, 0.15) is 46.0 Å². The van der Waals surface area contributed by atoms with E-state index in [1.54, 1.807) is 0 Å². The molecular formula is C19H34N4O. The normalized spacial score (nSPS) is 43.9. The van der Waals surface area contributed by atoms with Gasteiger partial charge in [-0.15, -0.1) is 0 Å². The first-order valence-electron chi connectivity index (χ1n) is 10.1. The van der Waals surface area contributed by atoms with Gasteiger partial charge in [-0.3, -0.25) is 4.79 Å². The van der Waals surface area contributed by atoms with Crippen LogP contribution in [0.2, 0.25) is 0 Å². The van der Waals surface area contributed by atoms with Gasteiger partial charge in [0.2, 0.25) is 5.91 Å². The zero-order valence-corrected chi connectivity index (χ0v) is 15.2. The molecule has 4 fully saturated rings. The number of fused-ring (bicyclic) bond motifs is 1. The third-order valence-corrected chi connectivity index (χ3v) is 6.90. The average Bonchev–Trinajstić information content (AvgIpc) is 3.31. The van der Waals surface area contributed by atoms with Crippen LogP contribution in [-0.2, 0) is 4.79 Å². The molecule has 4 rings (SSSR count).